The summed E-state index contributed by atoms with van der Waals surface area (Å²) in [5, 5.41) is 9.45. The summed E-state index contributed by atoms with van der Waals surface area (Å²) < 4.78 is 32.8. The molecule has 30 heavy (non-hydrogen) atoms. The van der Waals surface area contributed by atoms with Crippen molar-refractivity contribution in [3.8, 4) is 5.75 Å². The summed E-state index contributed by atoms with van der Waals surface area (Å²) in [4.78, 5) is 15.1. The molecule has 2 aromatic rings. The van der Waals surface area contributed by atoms with Gasteiger partial charge >= 0.3 is 5.97 Å². The van der Waals surface area contributed by atoms with Crippen LogP contribution >= 0.6 is 11.6 Å². The maximum absolute atomic E-state index is 12.3. The second-order valence-corrected chi connectivity index (χ2v) is 9.18. The molecule has 0 aliphatic heterocycles. The number of nitrogens with zero attached hydrogens (tertiary/aromatic N) is 1. The van der Waals surface area contributed by atoms with Gasteiger partial charge in [0.05, 0.1) is 17.7 Å². The van der Waals surface area contributed by atoms with E-state index in [0.717, 1.165) is 19.3 Å². The molecule has 1 aromatic heterocycles. The average molecular weight is 455 g/mol. The Labute approximate surface area is 182 Å². The molecule has 2 N–H and O–H groups in total. The van der Waals surface area contributed by atoms with Gasteiger partial charge in [-0.2, -0.15) is 0 Å². The number of carboxylic acid groups (broad SMARTS) is 1. The SMILES string of the molecule is O=C(O)CC[C@@H](CCCCNS(=O)(=O)c1ccc(Cl)cc1)CCOc1cccnc1. The number of carboxylic acids is 1. The molecule has 0 radical (unpaired) electrons. The summed E-state index contributed by atoms with van der Waals surface area (Å²) in [6.45, 7) is 0.808. The number of ether oxygens (including phenoxy) is 1. The zero-order chi connectivity index (χ0) is 21.8. The number of benzene rings is 1. The van der Waals surface area contributed by atoms with Crippen LogP contribution in [-0.2, 0) is 14.8 Å². The van der Waals surface area contributed by atoms with Gasteiger partial charge in [-0.25, -0.2) is 13.1 Å². The largest absolute Gasteiger partial charge is 0.492 e. The van der Waals surface area contributed by atoms with Crippen LogP contribution in [0.3, 0.4) is 0 Å². The second kappa shape index (κ2) is 12.5. The van der Waals surface area contributed by atoms with E-state index >= 15 is 0 Å². The number of unbranched alkanes of at least 4 members (excludes halogenated alkanes) is 1. The van der Waals surface area contributed by atoms with Crippen LogP contribution in [0, 0.1) is 5.92 Å². The minimum absolute atomic E-state index is 0.112. The van der Waals surface area contributed by atoms with Gasteiger partial charge in [0.2, 0.25) is 10.0 Å². The van der Waals surface area contributed by atoms with Crippen LogP contribution in [0.2, 0.25) is 5.02 Å². The number of aromatic nitrogens is 1. The minimum Gasteiger partial charge on any atom is -0.492 e. The first-order chi connectivity index (χ1) is 14.4. The zero-order valence-corrected chi connectivity index (χ0v) is 18.2. The number of hydrogen-bond acceptors (Lipinski definition) is 5. The fraction of sp³-hybridized carbons (Fsp3) is 0.429. The molecule has 0 unspecified atom stereocenters. The predicted molar refractivity (Wildman–Crippen MR) is 115 cm³/mol. The first-order valence-electron chi connectivity index (χ1n) is 9.86. The maximum atomic E-state index is 12.3. The van der Waals surface area contributed by atoms with Crippen molar-refractivity contribution in [1.82, 2.24) is 9.71 Å². The quantitative estimate of drug-likeness (QED) is 0.416. The van der Waals surface area contributed by atoms with Crippen molar-refractivity contribution < 1.29 is 23.1 Å². The number of rotatable bonds is 14. The van der Waals surface area contributed by atoms with E-state index in [1.165, 1.54) is 24.3 Å². The second-order valence-electron chi connectivity index (χ2n) is 6.97. The Morgan fingerprint density at radius 3 is 2.57 bits per heavy atom. The Morgan fingerprint density at radius 2 is 1.90 bits per heavy atom. The molecule has 1 atom stereocenters. The highest BCUT2D eigenvalue weighted by Crippen LogP contribution is 2.20. The van der Waals surface area contributed by atoms with Crippen molar-refractivity contribution in [2.75, 3.05) is 13.2 Å². The molecular weight excluding hydrogens is 428 g/mol. The summed E-state index contributed by atoms with van der Waals surface area (Å²) in [6.07, 6.45) is 7.00. The smallest absolute Gasteiger partial charge is 0.303 e. The summed E-state index contributed by atoms with van der Waals surface area (Å²) in [6, 6.07) is 9.63. The van der Waals surface area contributed by atoms with Crippen LogP contribution in [0.15, 0.2) is 53.7 Å². The Kier molecular flexibility index (Phi) is 10.1. The molecular formula is C21H27ClN2O5S. The molecule has 164 valence electrons. The molecule has 0 spiro atoms. The highest BCUT2D eigenvalue weighted by Gasteiger charge is 2.14. The fourth-order valence-electron chi connectivity index (χ4n) is 3.00. The van der Waals surface area contributed by atoms with Gasteiger partial charge in [-0.15, -0.1) is 0 Å². The Hall–Kier alpha value is -2.16. The monoisotopic (exact) mass is 454 g/mol. The average Bonchev–Trinajstić information content (AvgIpc) is 2.72. The molecule has 0 saturated heterocycles. The van der Waals surface area contributed by atoms with Crippen molar-refractivity contribution in [1.29, 1.82) is 0 Å². The third kappa shape index (κ3) is 9.11. The van der Waals surface area contributed by atoms with Crippen LogP contribution in [-0.4, -0.2) is 37.6 Å². The maximum Gasteiger partial charge on any atom is 0.303 e. The molecule has 0 aliphatic rings. The molecule has 0 saturated carbocycles. The molecule has 0 fully saturated rings. The van der Waals surface area contributed by atoms with Crippen LogP contribution in [0.25, 0.3) is 0 Å². The highest BCUT2D eigenvalue weighted by atomic mass is 35.5. The lowest BCUT2D eigenvalue weighted by Gasteiger charge is -2.16. The van der Waals surface area contributed by atoms with Crippen LogP contribution < -0.4 is 9.46 Å². The van der Waals surface area contributed by atoms with E-state index < -0.39 is 16.0 Å². The number of pyridine rings is 1. The van der Waals surface area contributed by atoms with Gasteiger partial charge in [-0.3, -0.25) is 9.78 Å². The van der Waals surface area contributed by atoms with Crippen molar-refractivity contribution in [3.05, 3.63) is 53.8 Å². The first kappa shape index (κ1) is 24.1. The lowest BCUT2D eigenvalue weighted by molar-refractivity contribution is -0.137. The molecule has 1 heterocycles. The van der Waals surface area contributed by atoms with Crippen LogP contribution in [0.5, 0.6) is 5.75 Å². The first-order valence-corrected chi connectivity index (χ1v) is 11.7. The van der Waals surface area contributed by atoms with Crippen LogP contribution in [0.4, 0.5) is 0 Å². The number of nitrogens with one attached hydrogen (secondary N) is 1. The molecule has 0 amide bonds. The van der Waals surface area contributed by atoms with Crippen molar-refractivity contribution in [2.24, 2.45) is 5.92 Å². The topological polar surface area (TPSA) is 106 Å². The van der Waals surface area contributed by atoms with E-state index in [1.807, 2.05) is 6.07 Å². The summed E-state index contributed by atoms with van der Waals surface area (Å²) in [5.74, 6) is 0.0700. The molecule has 2 rings (SSSR count). The van der Waals surface area contributed by atoms with E-state index in [2.05, 4.69) is 9.71 Å². The third-order valence-electron chi connectivity index (χ3n) is 4.65. The highest BCUT2D eigenvalue weighted by molar-refractivity contribution is 7.89. The number of aliphatic carboxylic acids is 1. The summed E-state index contributed by atoms with van der Waals surface area (Å²) >= 11 is 5.79. The molecule has 0 bridgehead atoms. The van der Waals surface area contributed by atoms with E-state index in [0.29, 0.717) is 36.8 Å². The van der Waals surface area contributed by atoms with Crippen LogP contribution in [0.1, 0.15) is 38.5 Å². The van der Waals surface area contributed by atoms with Gasteiger partial charge in [0.1, 0.15) is 5.75 Å². The van der Waals surface area contributed by atoms with E-state index in [4.69, 9.17) is 21.4 Å². The fourth-order valence-corrected chi connectivity index (χ4v) is 4.20. The number of halogens is 1. The Bertz CT molecular complexity index is 876. The van der Waals surface area contributed by atoms with Gasteiger partial charge in [0.25, 0.3) is 0 Å². The zero-order valence-electron chi connectivity index (χ0n) is 16.7. The Balaban J connectivity index is 1.73. The molecule has 1 aromatic carbocycles. The number of hydrogen-bond donors (Lipinski definition) is 2. The normalized spacial score (nSPS) is 12.4. The standard InChI is InChI=1S/C21H27ClN2O5S/c22-18-7-9-20(10-8-18)30(27,28)24-14-2-1-4-17(6-11-21(25)26)12-15-29-19-5-3-13-23-16-19/h3,5,7-10,13,16-17,24H,1-2,4,6,11-12,14-15H2,(H,25,26)/t17-/m1/s1. The van der Waals surface area contributed by atoms with Gasteiger partial charge in [0.15, 0.2) is 0 Å². The summed E-state index contributed by atoms with van der Waals surface area (Å²) in [7, 11) is -3.56. The summed E-state index contributed by atoms with van der Waals surface area (Å²) in [5.41, 5.74) is 0. The van der Waals surface area contributed by atoms with E-state index in [-0.39, 0.29) is 17.2 Å². The Morgan fingerprint density at radius 1 is 1.13 bits per heavy atom. The minimum atomic E-state index is -3.56. The van der Waals surface area contributed by atoms with Gasteiger partial charge < -0.3 is 9.84 Å². The van der Waals surface area contributed by atoms with Gasteiger partial charge in [0, 0.05) is 24.2 Å². The van der Waals surface area contributed by atoms with E-state index in [9.17, 15) is 13.2 Å². The van der Waals surface area contributed by atoms with E-state index in [1.54, 1.807) is 18.5 Å². The van der Waals surface area contributed by atoms with Gasteiger partial charge in [-0.1, -0.05) is 24.4 Å². The van der Waals surface area contributed by atoms with Crippen molar-refractivity contribution in [3.63, 3.8) is 0 Å². The van der Waals surface area contributed by atoms with Gasteiger partial charge in [-0.05, 0) is 61.6 Å². The lowest BCUT2D eigenvalue weighted by Crippen LogP contribution is -2.24. The lowest BCUT2D eigenvalue weighted by atomic mass is 9.94. The van der Waals surface area contributed by atoms with Crippen molar-refractivity contribution in [2.45, 2.75) is 43.4 Å². The van der Waals surface area contributed by atoms with Crippen molar-refractivity contribution >= 4 is 27.6 Å². The number of sulfonamides is 1. The predicted octanol–water partition coefficient (Wildman–Crippen LogP) is 4.13. The molecule has 7 nitrogen and oxygen atoms in total. The number of carbonyl (C=O) groups is 1. The molecule has 0 aliphatic carbocycles. The third-order valence-corrected chi connectivity index (χ3v) is 6.38. The molecule has 9 heteroatoms.